The summed E-state index contributed by atoms with van der Waals surface area (Å²) in [6, 6.07) is 0.311. The molecule has 15 heavy (non-hydrogen) atoms. The third-order valence-corrected chi connectivity index (χ3v) is 2.54. The van der Waals surface area contributed by atoms with E-state index in [0.717, 1.165) is 25.5 Å². The highest BCUT2D eigenvalue weighted by atomic mass is 35.5. The fourth-order valence-electron chi connectivity index (χ4n) is 1.85. The predicted octanol–water partition coefficient (Wildman–Crippen LogP) is 1.19. The minimum absolute atomic E-state index is 0. The van der Waals surface area contributed by atoms with Gasteiger partial charge in [0.25, 0.3) is 0 Å². The van der Waals surface area contributed by atoms with Gasteiger partial charge in [-0.25, -0.2) is 4.98 Å². The molecule has 4 nitrogen and oxygen atoms in total. The average Bonchev–Trinajstić information content (AvgIpc) is 2.51. The summed E-state index contributed by atoms with van der Waals surface area (Å²) in [5.74, 6) is 1.04. The van der Waals surface area contributed by atoms with Crippen molar-refractivity contribution in [1.82, 2.24) is 9.55 Å². The van der Waals surface area contributed by atoms with Gasteiger partial charge in [0.2, 0.25) is 5.95 Å². The Balaban J connectivity index is 0.000000980. The Morgan fingerprint density at radius 1 is 1.47 bits per heavy atom. The first-order valence-corrected chi connectivity index (χ1v) is 4.75. The van der Waals surface area contributed by atoms with E-state index < -0.39 is 0 Å². The molecular formula is C9H18Cl2N4. The van der Waals surface area contributed by atoms with Crippen molar-refractivity contribution in [2.45, 2.75) is 18.9 Å². The van der Waals surface area contributed by atoms with Crippen molar-refractivity contribution in [2.75, 3.05) is 18.0 Å². The number of imidazole rings is 1. The van der Waals surface area contributed by atoms with Crippen LogP contribution in [0.15, 0.2) is 12.4 Å². The Labute approximate surface area is 103 Å². The molecule has 88 valence electrons. The van der Waals surface area contributed by atoms with Gasteiger partial charge >= 0.3 is 0 Å². The van der Waals surface area contributed by atoms with Gasteiger partial charge in [-0.2, -0.15) is 0 Å². The quantitative estimate of drug-likeness (QED) is 0.817. The Kier molecular flexibility index (Phi) is 6.02. The molecule has 0 saturated carbocycles. The van der Waals surface area contributed by atoms with Crippen LogP contribution >= 0.6 is 24.8 Å². The minimum atomic E-state index is 0. The molecule has 2 N–H and O–H groups in total. The van der Waals surface area contributed by atoms with Crippen LogP contribution in [0, 0.1) is 0 Å². The topological polar surface area (TPSA) is 47.1 Å². The Bertz CT molecular complexity index is 289. The number of halogens is 2. The molecule has 2 rings (SSSR count). The summed E-state index contributed by atoms with van der Waals surface area (Å²) in [6.45, 7) is 2.02. The van der Waals surface area contributed by atoms with Gasteiger partial charge in [0.1, 0.15) is 0 Å². The predicted molar refractivity (Wildman–Crippen MR) is 67.1 cm³/mol. The van der Waals surface area contributed by atoms with Crippen molar-refractivity contribution in [3.8, 4) is 0 Å². The SMILES string of the molecule is Cl.Cl.Cn1ccnc1N1CCCC(N)C1. The van der Waals surface area contributed by atoms with Crippen LogP contribution in [0.3, 0.4) is 0 Å². The van der Waals surface area contributed by atoms with E-state index >= 15 is 0 Å². The largest absolute Gasteiger partial charge is 0.341 e. The summed E-state index contributed by atoms with van der Waals surface area (Å²) in [5, 5.41) is 0. The molecule has 1 unspecified atom stereocenters. The van der Waals surface area contributed by atoms with Crippen LogP contribution in [0.1, 0.15) is 12.8 Å². The smallest absolute Gasteiger partial charge is 0.205 e. The number of anilines is 1. The molecule has 0 aliphatic carbocycles. The second-order valence-electron chi connectivity index (χ2n) is 3.69. The van der Waals surface area contributed by atoms with Crippen molar-refractivity contribution in [3.63, 3.8) is 0 Å². The average molecular weight is 253 g/mol. The normalized spacial score (nSPS) is 20.4. The molecule has 0 spiro atoms. The molecule has 0 aromatic carbocycles. The summed E-state index contributed by atoms with van der Waals surface area (Å²) in [4.78, 5) is 6.57. The number of rotatable bonds is 1. The second-order valence-corrected chi connectivity index (χ2v) is 3.69. The van der Waals surface area contributed by atoms with Crippen LogP contribution in [0.2, 0.25) is 0 Å². The number of hydrogen-bond donors (Lipinski definition) is 1. The number of aryl methyl sites for hydroxylation is 1. The number of aromatic nitrogens is 2. The van der Waals surface area contributed by atoms with Crippen LogP contribution in [0.25, 0.3) is 0 Å². The molecule has 1 saturated heterocycles. The van der Waals surface area contributed by atoms with Crippen LogP contribution in [-0.4, -0.2) is 28.7 Å². The van der Waals surface area contributed by atoms with Gasteiger partial charge in [-0.1, -0.05) is 0 Å². The summed E-state index contributed by atoms with van der Waals surface area (Å²) in [7, 11) is 2.02. The van der Waals surface area contributed by atoms with Gasteiger partial charge < -0.3 is 15.2 Å². The minimum Gasteiger partial charge on any atom is -0.341 e. The van der Waals surface area contributed by atoms with Crippen molar-refractivity contribution in [1.29, 1.82) is 0 Å². The van der Waals surface area contributed by atoms with E-state index in [4.69, 9.17) is 5.73 Å². The summed E-state index contributed by atoms with van der Waals surface area (Å²) in [5.41, 5.74) is 5.90. The third-order valence-electron chi connectivity index (χ3n) is 2.54. The third kappa shape index (κ3) is 3.26. The van der Waals surface area contributed by atoms with Gasteiger partial charge in [0.05, 0.1) is 0 Å². The number of nitrogens with zero attached hydrogens (tertiary/aromatic N) is 3. The highest BCUT2D eigenvalue weighted by Gasteiger charge is 2.19. The van der Waals surface area contributed by atoms with Gasteiger partial charge in [-0.3, -0.25) is 0 Å². The molecule has 1 aliphatic heterocycles. The maximum atomic E-state index is 5.90. The molecule has 1 aliphatic rings. The lowest BCUT2D eigenvalue weighted by molar-refractivity contribution is 0.496. The maximum Gasteiger partial charge on any atom is 0.205 e. The molecule has 1 aromatic heterocycles. The second kappa shape index (κ2) is 6.20. The molecule has 6 heteroatoms. The molecule has 1 fully saturated rings. The highest BCUT2D eigenvalue weighted by molar-refractivity contribution is 5.85. The van der Waals surface area contributed by atoms with Gasteiger partial charge in [0.15, 0.2) is 0 Å². The Hall–Kier alpha value is -0.450. The van der Waals surface area contributed by atoms with Crippen LogP contribution in [0.4, 0.5) is 5.95 Å². The first-order valence-electron chi connectivity index (χ1n) is 4.75. The molecule has 0 amide bonds. The van der Waals surface area contributed by atoms with Crippen molar-refractivity contribution in [3.05, 3.63) is 12.4 Å². The lowest BCUT2D eigenvalue weighted by Gasteiger charge is -2.31. The van der Waals surface area contributed by atoms with E-state index in [1.807, 2.05) is 24.0 Å². The zero-order valence-electron chi connectivity index (χ0n) is 8.80. The number of nitrogens with two attached hydrogens (primary N) is 1. The van der Waals surface area contributed by atoms with Crippen molar-refractivity contribution in [2.24, 2.45) is 12.8 Å². The van der Waals surface area contributed by atoms with E-state index in [1.165, 1.54) is 6.42 Å². The van der Waals surface area contributed by atoms with E-state index in [-0.39, 0.29) is 24.8 Å². The van der Waals surface area contributed by atoms with E-state index in [2.05, 4.69) is 9.88 Å². The molecule has 0 radical (unpaired) electrons. The molecule has 1 atom stereocenters. The maximum absolute atomic E-state index is 5.90. The lowest BCUT2D eigenvalue weighted by Crippen LogP contribution is -2.43. The number of hydrogen-bond acceptors (Lipinski definition) is 3. The fourth-order valence-corrected chi connectivity index (χ4v) is 1.85. The van der Waals surface area contributed by atoms with Crippen LogP contribution in [0.5, 0.6) is 0 Å². The van der Waals surface area contributed by atoms with Gasteiger partial charge in [-0.05, 0) is 12.8 Å². The van der Waals surface area contributed by atoms with E-state index in [1.54, 1.807) is 0 Å². The van der Waals surface area contributed by atoms with E-state index in [0.29, 0.717) is 6.04 Å². The Morgan fingerprint density at radius 2 is 2.20 bits per heavy atom. The zero-order chi connectivity index (χ0) is 9.26. The summed E-state index contributed by atoms with van der Waals surface area (Å²) in [6.07, 6.45) is 6.11. The van der Waals surface area contributed by atoms with Crippen molar-refractivity contribution < 1.29 is 0 Å². The summed E-state index contributed by atoms with van der Waals surface area (Å²) < 4.78 is 2.04. The standard InChI is InChI=1S/C9H16N4.2ClH/c1-12-6-4-11-9(12)13-5-2-3-8(10)7-13;;/h4,6,8H,2-3,5,7,10H2,1H3;2*1H. The monoisotopic (exact) mass is 252 g/mol. The number of piperidine rings is 1. The van der Waals surface area contributed by atoms with Gasteiger partial charge in [-0.15, -0.1) is 24.8 Å². The van der Waals surface area contributed by atoms with Crippen LogP contribution < -0.4 is 10.6 Å². The highest BCUT2D eigenvalue weighted by Crippen LogP contribution is 2.15. The first-order chi connectivity index (χ1) is 6.27. The van der Waals surface area contributed by atoms with E-state index in [9.17, 15) is 0 Å². The zero-order valence-corrected chi connectivity index (χ0v) is 10.4. The van der Waals surface area contributed by atoms with Crippen molar-refractivity contribution >= 4 is 30.8 Å². The fraction of sp³-hybridized carbons (Fsp3) is 0.667. The molecule has 1 aromatic rings. The first kappa shape index (κ1) is 14.6. The van der Waals surface area contributed by atoms with Crippen LogP contribution in [-0.2, 0) is 7.05 Å². The Morgan fingerprint density at radius 3 is 2.73 bits per heavy atom. The molecule has 0 bridgehead atoms. The molecular weight excluding hydrogens is 235 g/mol. The molecule has 2 heterocycles. The lowest BCUT2D eigenvalue weighted by atomic mass is 10.1. The summed E-state index contributed by atoms with van der Waals surface area (Å²) >= 11 is 0. The van der Waals surface area contributed by atoms with Gasteiger partial charge in [0, 0.05) is 38.6 Å².